The zero-order valence-corrected chi connectivity index (χ0v) is 40.0. The number of ether oxygens (including phenoxy) is 4. The molecule has 8 heteroatoms. The average molecular weight is 853 g/mol. The molecule has 22 atom stereocenters. The number of aliphatic hydroxyl groups excluding tert-OH is 2. The van der Waals surface area contributed by atoms with Gasteiger partial charge < -0.3 is 29.2 Å². The van der Waals surface area contributed by atoms with Crippen LogP contribution >= 0.6 is 0 Å². The highest BCUT2D eigenvalue weighted by Gasteiger charge is 2.74. The Morgan fingerprint density at radius 2 is 0.903 bits per heavy atom. The van der Waals surface area contributed by atoms with Crippen molar-refractivity contribution in [3.63, 3.8) is 0 Å². The summed E-state index contributed by atoms with van der Waals surface area (Å²) in [5, 5.41) is 25.0. The maximum Gasteiger partial charge on any atom is 0.172 e. The second-order valence-electron chi connectivity index (χ2n) is 27.1. The molecule has 8 nitrogen and oxygen atoms in total. The molecule has 8 aliphatic carbocycles. The predicted octanol–water partition coefficient (Wildman–Crippen LogP) is 9.43. The summed E-state index contributed by atoms with van der Waals surface area (Å²) in [6, 6.07) is 0. The van der Waals surface area contributed by atoms with Gasteiger partial charge in [-0.1, -0.05) is 41.5 Å². The molecule has 0 unspecified atom stereocenters. The molecule has 2 spiro atoms. The van der Waals surface area contributed by atoms with Gasteiger partial charge in [-0.15, -0.1) is 0 Å². The summed E-state index contributed by atoms with van der Waals surface area (Å²) in [7, 11) is 0. The van der Waals surface area contributed by atoms with Gasteiger partial charge in [-0.05, 0) is 176 Å². The molecule has 4 saturated heterocycles. The Hall–Kier alpha value is -1.16. The van der Waals surface area contributed by atoms with E-state index in [2.05, 4.69) is 69.2 Å². The summed E-state index contributed by atoms with van der Waals surface area (Å²) < 4.78 is 27.6. The molecule has 5 heterocycles. The van der Waals surface area contributed by atoms with Gasteiger partial charge in [0.1, 0.15) is 0 Å². The van der Waals surface area contributed by atoms with Gasteiger partial charge >= 0.3 is 0 Å². The maximum atomic E-state index is 12.5. The van der Waals surface area contributed by atoms with Crippen LogP contribution in [0.4, 0.5) is 0 Å². The Morgan fingerprint density at radius 1 is 0.500 bits per heavy atom. The van der Waals surface area contributed by atoms with E-state index in [0.717, 1.165) is 77.0 Å². The monoisotopic (exact) mass is 853 g/mol. The van der Waals surface area contributed by atoms with E-state index in [1.54, 1.807) is 0 Å². The molecule has 0 bridgehead atoms. The fraction of sp³-hybridized carbons (Fsp3) is 0.926. The van der Waals surface area contributed by atoms with Crippen LogP contribution < -0.4 is 0 Å². The van der Waals surface area contributed by atoms with Crippen molar-refractivity contribution in [2.75, 3.05) is 0 Å². The van der Waals surface area contributed by atoms with Crippen molar-refractivity contribution in [1.82, 2.24) is 9.97 Å². The number of aliphatic hydroxyl groups is 2. The van der Waals surface area contributed by atoms with Crippen LogP contribution in [0, 0.1) is 92.7 Å². The first-order valence-electron chi connectivity index (χ1n) is 26.1. The molecule has 1 aromatic rings. The van der Waals surface area contributed by atoms with Crippen LogP contribution in [0.25, 0.3) is 0 Å². The van der Waals surface area contributed by atoms with Crippen molar-refractivity contribution in [3.05, 3.63) is 22.8 Å². The number of nitrogens with zero attached hydrogens (tertiary/aromatic N) is 2. The quantitative estimate of drug-likeness (QED) is 0.266. The van der Waals surface area contributed by atoms with Crippen molar-refractivity contribution in [2.45, 2.75) is 219 Å². The normalized spacial score (nSPS) is 59.3. The fourth-order valence-corrected chi connectivity index (χ4v) is 20.8. The minimum atomic E-state index is -0.482. The molecule has 10 fully saturated rings. The minimum Gasteiger partial charge on any atom is -0.393 e. The third-order valence-corrected chi connectivity index (χ3v) is 23.9. The van der Waals surface area contributed by atoms with Crippen LogP contribution in [0.5, 0.6) is 0 Å². The second kappa shape index (κ2) is 12.5. The average Bonchev–Trinajstić information content (AvgIpc) is 3.99. The van der Waals surface area contributed by atoms with Gasteiger partial charge in [0.2, 0.25) is 0 Å². The van der Waals surface area contributed by atoms with Crippen molar-refractivity contribution in [2.24, 2.45) is 92.7 Å². The summed E-state index contributed by atoms with van der Waals surface area (Å²) >= 11 is 0. The lowest BCUT2D eigenvalue weighted by atomic mass is 9.43. The van der Waals surface area contributed by atoms with E-state index in [4.69, 9.17) is 28.9 Å². The lowest BCUT2D eigenvalue weighted by Crippen LogP contribution is -2.60. The molecule has 62 heavy (non-hydrogen) atoms. The lowest BCUT2D eigenvalue weighted by Gasteiger charge is -2.62. The molecule has 2 N–H and O–H groups in total. The van der Waals surface area contributed by atoms with E-state index in [1.807, 2.05) is 0 Å². The topological polar surface area (TPSA) is 103 Å². The van der Waals surface area contributed by atoms with Gasteiger partial charge in [0.15, 0.2) is 11.6 Å². The van der Waals surface area contributed by atoms with Crippen molar-refractivity contribution >= 4 is 0 Å². The van der Waals surface area contributed by atoms with E-state index in [1.165, 1.54) is 48.5 Å². The molecule has 0 radical (unpaired) electrons. The third-order valence-electron chi connectivity index (χ3n) is 23.9. The van der Waals surface area contributed by atoms with E-state index >= 15 is 0 Å². The Morgan fingerprint density at radius 3 is 1.27 bits per heavy atom. The molecular formula is C54H80N2O6. The van der Waals surface area contributed by atoms with Crippen LogP contribution in [-0.4, -0.2) is 67.4 Å². The zero-order valence-electron chi connectivity index (χ0n) is 40.0. The molecule has 13 rings (SSSR count). The first kappa shape index (κ1) is 41.1. The SMILES string of the molecule is C[C@H]1[C@H]2[C@H](C[C@@H]3[C@@H]4CC[C@H]5Cc6nc7c(nc6C[C@]5(C)[C@H]4C[C@@H](O)[C@]23C)C[C@@H]2CC[C@H]3[C@H]4C[C@@H]5O[C@@]6(CCC(C)(C)O6)[C@@H](C)[C@@H]5[C@@]4(C)[C@H](O)C[C@@H]3[C@@]2(C)C7)O[C@@]12CCC(C)(C)O2. The van der Waals surface area contributed by atoms with Crippen LogP contribution in [0.15, 0.2) is 0 Å². The highest BCUT2D eigenvalue weighted by Crippen LogP contribution is 2.74. The Balaban J connectivity index is 0.748. The number of aromatic nitrogens is 2. The summed E-state index contributed by atoms with van der Waals surface area (Å²) in [6.07, 6.45) is 16.8. The first-order valence-corrected chi connectivity index (χ1v) is 26.1. The highest BCUT2D eigenvalue weighted by molar-refractivity contribution is 5.32. The largest absolute Gasteiger partial charge is 0.393 e. The number of fused-ring (bicyclic) bond motifs is 16. The standard InChI is InChI=1S/C54H80N2O6/c1-27-45-41(59-53(27)17-15-47(3,4)61-53)21-35-31-13-11-29-19-37-39(25-49(29,7)33(31)23-43(57)51(35,45)9)55-38-20-30-12-14-32-34(50(30,8)26-40(38)56-37)24-44(58)52(10)36(32)22-42-46(52)28(2)54(60-42)18-16-48(5,6)62-54/h27-36,41-46,57-58H,11-26H2,1-10H3/t27-,28-,29-,30-,31+,32+,33-,34-,35+,36+,41-,42-,43+,44+,45-,46-,49-,50-,51+,52+,53+,54+/m0/s1. The molecule has 0 amide bonds. The van der Waals surface area contributed by atoms with Crippen molar-refractivity contribution in [1.29, 1.82) is 0 Å². The predicted molar refractivity (Wildman–Crippen MR) is 235 cm³/mol. The van der Waals surface area contributed by atoms with Gasteiger partial charge in [0.05, 0.1) is 58.4 Å². The smallest absolute Gasteiger partial charge is 0.172 e. The molecule has 0 aromatic carbocycles. The molecule has 342 valence electrons. The summed E-state index contributed by atoms with van der Waals surface area (Å²) in [5.74, 6) is 4.69. The van der Waals surface area contributed by atoms with Crippen LogP contribution in [0.1, 0.15) is 169 Å². The molecular weight excluding hydrogens is 773 g/mol. The summed E-state index contributed by atoms with van der Waals surface area (Å²) in [4.78, 5) is 11.4. The van der Waals surface area contributed by atoms with Crippen molar-refractivity contribution in [3.8, 4) is 0 Å². The molecule has 4 aliphatic heterocycles. The maximum absolute atomic E-state index is 12.5. The zero-order chi connectivity index (χ0) is 43.1. The summed E-state index contributed by atoms with van der Waals surface area (Å²) in [5.41, 5.74) is 4.79. The Bertz CT molecular complexity index is 1930. The highest BCUT2D eigenvalue weighted by atomic mass is 16.7. The first-order chi connectivity index (χ1) is 29.1. The molecule has 6 saturated carbocycles. The van der Waals surface area contributed by atoms with Crippen LogP contribution in [-0.2, 0) is 44.6 Å². The molecule has 1 aromatic heterocycles. The number of rotatable bonds is 0. The van der Waals surface area contributed by atoms with Crippen molar-refractivity contribution < 1.29 is 29.2 Å². The Labute approximate surface area is 372 Å². The van der Waals surface area contributed by atoms with E-state index in [0.29, 0.717) is 71.0 Å². The van der Waals surface area contributed by atoms with E-state index in [9.17, 15) is 10.2 Å². The number of hydrogen-bond acceptors (Lipinski definition) is 8. The summed E-state index contributed by atoms with van der Waals surface area (Å²) in [6.45, 7) is 23.7. The molecule has 12 aliphatic rings. The van der Waals surface area contributed by atoms with E-state index < -0.39 is 11.6 Å². The van der Waals surface area contributed by atoms with E-state index in [-0.39, 0.29) is 57.3 Å². The van der Waals surface area contributed by atoms with Gasteiger partial charge in [0, 0.05) is 47.3 Å². The lowest BCUT2D eigenvalue weighted by molar-refractivity contribution is -0.256. The Kier molecular flexibility index (Phi) is 8.27. The van der Waals surface area contributed by atoms with Gasteiger partial charge in [0.25, 0.3) is 0 Å². The number of hydrogen-bond donors (Lipinski definition) is 2. The fourth-order valence-electron chi connectivity index (χ4n) is 20.8. The van der Waals surface area contributed by atoms with Gasteiger partial charge in [-0.25, -0.2) is 0 Å². The van der Waals surface area contributed by atoms with Crippen LogP contribution in [0.2, 0.25) is 0 Å². The van der Waals surface area contributed by atoms with Gasteiger partial charge in [-0.2, -0.15) is 0 Å². The van der Waals surface area contributed by atoms with Crippen LogP contribution in [0.3, 0.4) is 0 Å². The third kappa shape index (κ3) is 4.98. The van der Waals surface area contributed by atoms with Gasteiger partial charge in [-0.3, -0.25) is 9.97 Å². The second-order valence-corrected chi connectivity index (χ2v) is 27.1. The minimum absolute atomic E-state index is 0.123.